The Balaban J connectivity index is 2.43. The lowest BCUT2D eigenvalue weighted by atomic mass is 10.0. The van der Waals surface area contributed by atoms with Crippen LogP contribution < -0.4 is 5.73 Å². The molecule has 0 heterocycles. The average Bonchev–Trinajstić information content (AvgIpc) is 2.27. The number of benzene rings is 1. The summed E-state index contributed by atoms with van der Waals surface area (Å²) in [5.41, 5.74) is 7.19. The Morgan fingerprint density at radius 3 is 2.38 bits per heavy atom. The summed E-state index contributed by atoms with van der Waals surface area (Å²) in [6.07, 6.45) is 0.678. The molecular formula is C13H21NOS. The summed E-state index contributed by atoms with van der Waals surface area (Å²) in [5.74, 6) is 1.44. The topological polar surface area (TPSA) is 46.2 Å². The van der Waals surface area contributed by atoms with Crippen LogP contribution in [0.5, 0.6) is 0 Å². The molecule has 1 rings (SSSR count). The molecule has 16 heavy (non-hydrogen) atoms. The van der Waals surface area contributed by atoms with Gasteiger partial charge < -0.3 is 10.8 Å². The lowest BCUT2D eigenvalue weighted by Gasteiger charge is -2.10. The standard InChI is InChI=1S/C13H21NOS/c1-10(2)11-3-5-13(6-4-11)16-9-12(14)7-8-15/h3-6,10,12,15H,7-9,14H2,1-2H3. The van der Waals surface area contributed by atoms with Crippen molar-refractivity contribution in [2.75, 3.05) is 12.4 Å². The summed E-state index contributed by atoms with van der Waals surface area (Å²) in [6.45, 7) is 4.56. The van der Waals surface area contributed by atoms with Crippen LogP contribution in [0.3, 0.4) is 0 Å². The van der Waals surface area contributed by atoms with Crippen LogP contribution in [0, 0.1) is 0 Å². The summed E-state index contributed by atoms with van der Waals surface area (Å²) in [6, 6.07) is 8.71. The molecule has 0 fully saturated rings. The van der Waals surface area contributed by atoms with Gasteiger partial charge in [0.25, 0.3) is 0 Å². The van der Waals surface area contributed by atoms with Crippen LogP contribution in [-0.4, -0.2) is 23.5 Å². The van der Waals surface area contributed by atoms with Crippen LogP contribution in [-0.2, 0) is 0 Å². The monoisotopic (exact) mass is 239 g/mol. The molecule has 3 heteroatoms. The molecule has 0 aromatic heterocycles. The van der Waals surface area contributed by atoms with Crippen molar-refractivity contribution in [2.45, 2.75) is 37.1 Å². The van der Waals surface area contributed by atoms with E-state index >= 15 is 0 Å². The van der Waals surface area contributed by atoms with Gasteiger partial charge in [0.2, 0.25) is 0 Å². The fourth-order valence-corrected chi connectivity index (χ4v) is 2.30. The lowest BCUT2D eigenvalue weighted by molar-refractivity contribution is 0.279. The van der Waals surface area contributed by atoms with E-state index in [1.807, 2.05) is 0 Å². The molecule has 0 saturated heterocycles. The van der Waals surface area contributed by atoms with Crippen molar-refractivity contribution in [3.05, 3.63) is 29.8 Å². The molecule has 0 amide bonds. The first kappa shape index (κ1) is 13.6. The minimum atomic E-state index is 0.0831. The van der Waals surface area contributed by atoms with E-state index in [2.05, 4.69) is 38.1 Å². The van der Waals surface area contributed by atoms with Gasteiger partial charge in [0.05, 0.1) is 0 Å². The van der Waals surface area contributed by atoms with Gasteiger partial charge >= 0.3 is 0 Å². The number of aliphatic hydroxyl groups is 1. The van der Waals surface area contributed by atoms with Gasteiger partial charge in [0, 0.05) is 23.3 Å². The van der Waals surface area contributed by atoms with Gasteiger partial charge in [-0.25, -0.2) is 0 Å². The Kier molecular flexibility index (Phi) is 5.88. The predicted molar refractivity (Wildman–Crippen MR) is 70.9 cm³/mol. The second-order valence-corrected chi connectivity index (χ2v) is 5.40. The Bertz CT molecular complexity index is 297. The summed E-state index contributed by atoms with van der Waals surface area (Å²) >= 11 is 1.75. The van der Waals surface area contributed by atoms with Gasteiger partial charge in [0.15, 0.2) is 0 Å². The Morgan fingerprint density at radius 1 is 1.25 bits per heavy atom. The number of nitrogens with two attached hydrogens (primary N) is 1. The maximum atomic E-state index is 8.74. The van der Waals surface area contributed by atoms with E-state index in [-0.39, 0.29) is 12.6 Å². The van der Waals surface area contributed by atoms with Crippen LogP contribution in [0.15, 0.2) is 29.2 Å². The first-order valence-electron chi connectivity index (χ1n) is 5.72. The highest BCUT2D eigenvalue weighted by molar-refractivity contribution is 7.99. The molecule has 2 nitrogen and oxygen atoms in total. The molecule has 0 aliphatic heterocycles. The van der Waals surface area contributed by atoms with Crippen LogP contribution >= 0.6 is 11.8 Å². The Morgan fingerprint density at radius 2 is 1.88 bits per heavy atom. The fraction of sp³-hybridized carbons (Fsp3) is 0.538. The second-order valence-electron chi connectivity index (χ2n) is 4.31. The molecule has 1 aromatic carbocycles. The highest BCUT2D eigenvalue weighted by Gasteiger charge is 2.03. The van der Waals surface area contributed by atoms with E-state index in [9.17, 15) is 0 Å². The minimum absolute atomic E-state index is 0.0831. The largest absolute Gasteiger partial charge is 0.396 e. The Hall–Kier alpha value is -0.510. The van der Waals surface area contributed by atoms with E-state index < -0.39 is 0 Å². The van der Waals surface area contributed by atoms with E-state index in [1.54, 1.807) is 11.8 Å². The first-order chi connectivity index (χ1) is 7.63. The summed E-state index contributed by atoms with van der Waals surface area (Å²) in [4.78, 5) is 1.25. The number of hydrogen-bond donors (Lipinski definition) is 2. The molecule has 1 unspecified atom stereocenters. The van der Waals surface area contributed by atoms with E-state index in [1.165, 1.54) is 10.5 Å². The molecule has 0 spiro atoms. The van der Waals surface area contributed by atoms with Crippen molar-refractivity contribution in [3.63, 3.8) is 0 Å². The third-order valence-electron chi connectivity index (χ3n) is 2.51. The molecule has 0 bridgehead atoms. The maximum absolute atomic E-state index is 8.74. The quantitative estimate of drug-likeness (QED) is 0.750. The smallest absolute Gasteiger partial charge is 0.0446 e. The zero-order valence-electron chi connectivity index (χ0n) is 10.0. The number of thioether (sulfide) groups is 1. The fourth-order valence-electron chi connectivity index (χ4n) is 1.40. The number of aliphatic hydroxyl groups excluding tert-OH is 1. The van der Waals surface area contributed by atoms with Crippen molar-refractivity contribution >= 4 is 11.8 Å². The van der Waals surface area contributed by atoms with Crippen molar-refractivity contribution in [2.24, 2.45) is 5.73 Å². The molecule has 90 valence electrons. The number of rotatable bonds is 6. The van der Waals surface area contributed by atoms with Crippen molar-refractivity contribution in [3.8, 4) is 0 Å². The van der Waals surface area contributed by atoms with Crippen LogP contribution in [0.1, 0.15) is 31.7 Å². The average molecular weight is 239 g/mol. The van der Waals surface area contributed by atoms with Crippen LogP contribution in [0.25, 0.3) is 0 Å². The minimum Gasteiger partial charge on any atom is -0.396 e. The lowest BCUT2D eigenvalue weighted by Crippen LogP contribution is -2.23. The van der Waals surface area contributed by atoms with Crippen molar-refractivity contribution in [1.29, 1.82) is 0 Å². The molecule has 0 radical (unpaired) electrons. The molecule has 0 saturated carbocycles. The number of hydrogen-bond acceptors (Lipinski definition) is 3. The molecule has 1 atom stereocenters. The summed E-state index contributed by atoms with van der Waals surface area (Å²) in [7, 11) is 0. The molecule has 0 aliphatic rings. The van der Waals surface area contributed by atoms with Crippen LogP contribution in [0.4, 0.5) is 0 Å². The van der Waals surface area contributed by atoms with Crippen molar-refractivity contribution in [1.82, 2.24) is 0 Å². The summed E-state index contributed by atoms with van der Waals surface area (Å²) < 4.78 is 0. The SMILES string of the molecule is CC(C)c1ccc(SCC(N)CCO)cc1. The van der Waals surface area contributed by atoms with Crippen molar-refractivity contribution < 1.29 is 5.11 Å². The third kappa shape index (κ3) is 4.56. The molecule has 0 aliphatic carbocycles. The zero-order chi connectivity index (χ0) is 12.0. The van der Waals surface area contributed by atoms with Gasteiger partial charge in [-0.05, 0) is 30.0 Å². The molecule has 3 N–H and O–H groups in total. The first-order valence-corrected chi connectivity index (χ1v) is 6.71. The van der Waals surface area contributed by atoms with Gasteiger partial charge in [-0.15, -0.1) is 11.8 Å². The normalized spacial score (nSPS) is 13.1. The molecular weight excluding hydrogens is 218 g/mol. The van der Waals surface area contributed by atoms with E-state index in [0.717, 1.165) is 5.75 Å². The van der Waals surface area contributed by atoms with E-state index in [4.69, 9.17) is 10.8 Å². The molecule has 1 aromatic rings. The van der Waals surface area contributed by atoms with E-state index in [0.29, 0.717) is 12.3 Å². The zero-order valence-corrected chi connectivity index (χ0v) is 10.8. The van der Waals surface area contributed by atoms with Crippen LogP contribution in [0.2, 0.25) is 0 Å². The van der Waals surface area contributed by atoms with Gasteiger partial charge in [-0.1, -0.05) is 26.0 Å². The highest BCUT2D eigenvalue weighted by Crippen LogP contribution is 2.22. The van der Waals surface area contributed by atoms with Gasteiger partial charge in [0.1, 0.15) is 0 Å². The third-order valence-corrected chi connectivity index (χ3v) is 3.71. The Labute approximate surface area is 102 Å². The van der Waals surface area contributed by atoms with Gasteiger partial charge in [-0.3, -0.25) is 0 Å². The summed E-state index contributed by atoms with van der Waals surface area (Å²) in [5, 5.41) is 8.74. The van der Waals surface area contributed by atoms with Gasteiger partial charge in [-0.2, -0.15) is 0 Å². The predicted octanol–water partition coefficient (Wildman–Crippen LogP) is 2.61. The highest BCUT2D eigenvalue weighted by atomic mass is 32.2. The second kappa shape index (κ2) is 6.94. The maximum Gasteiger partial charge on any atom is 0.0446 e.